The maximum absolute atomic E-state index is 12.9. The standard InChI is InChI=1S/C23H26ClN5O2/c1-23(2,3)16-5-7-17(8-6-16)27-22(30)18-14-19(24)28-29-21(18)26-12-10-15-9-11-25-20(13-15)31-4/h5-9,11,13-14H,10,12H2,1-4H3,(H,26,29)(H,27,30). The van der Waals surface area contributed by atoms with Gasteiger partial charge in [-0.15, -0.1) is 10.2 Å². The summed E-state index contributed by atoms with van der Waals surface area (Å²) >= 11 is 6.00. The predicted molar refractivity (Wildman–Crippen MR) is 123 cm³/mol. The molecule has 1 aromatic carbocycles. The zero-order chi connectivity index (χ0) is 22.4. The maximum atomic E-state index is 12.9. The monoisotopic (exact) mass is 439 g/mol. The molecule has 7 nitrogen and oxygen atoms in total. The molecule has 0 aliphatic heterocycles. The van der Waals surface area contributed by atoms with Crippen molar-refractivity contribution in [2.75, 3.05) is 24.3 Å². The van der Waals surface area contributed by atoms with E-state index in [9.17, 15) is 4.79 Å². The Morgan fingerprint density at radius 2 is 1.84 bits per heavy atom. The van der Waals surface area contributed by atoms with Gasteiger partial charge in [-0.1, -0.05) is 44.5 Å². The zero-order valence-electron chi connectivity index (χ0n) is 18.1. The summed E-state index contributed by atoms with van der Waals surface area (Å²) in [7, 11) is 1.58. The third kappa shape index (κ3) is 6.15. The van der Waals surface area contributed by atoms with Gasteiger partial charge in [0.05, 0.1) is 12.7 Å². The molecular formula is C23H26ClN5O2. The normalized spacial score (nSPS) is 11.1. The highest BCUT2D eigenvalue weighted by atomic mass is 35.5. The first-order valence-electron chi connectivity index (χ1n) is 9.94. The zero-order valence-corrected chi connectivity index (χ0v) is 18.8. The number of anilines is 2. The lowest BCUT2D eigenvalue weighted by molar-refractivity contribution is 0.102. The SMILES string of the molecule is COc1cc(CCNc2nnc(Cl)cc2C(=O)Nc2ccc(C(C)(C)C)cc2)ccn1. The van der Waals surface area contributed by atoms with Gasteiger partial charge in [0.15, 0.2) is 11.0 Å². The molecule has 0 radical (unpaired) electrons. The van der Waals surface area contributed by atoms with Gasteiger partial charge in [-0.3, -0.25) is 4.79 Å². The molecule has 0 atom stereocenters. The molecule has 0 fully saturated rings. The van der Waals surface area contributed by atoms with Gasteiger partial charge >= 0.3 is 0 Å². The van der Waals surface area contributed by atoms with E-state index in [1.807, 2.05) is 36.4 Å². The molecule has 0 aliphatic rings. The van der Waals surface area contributed by atoms with E-state index in [1.54, 1.807) is 13.3 Å². The molecule has 31 heavy (non-hydrogen) atoms. The molecule has 3 aromatic rings. The number of nitrogens with zero attached hydrogens (tertiary/aromatic N) is 3. The van der Waals surface area contributed by atoms with E-state index >= 15 is 0 Å². The Balaban J connectivity index is 1.69. The summed E-state index contributed by atoms with van der Waals surface area (Å²) in [5.74, 6) is 0.615. The number of hydrogen-bond donors (Lipinski definition) is 2. The van der Waals surface area contributed by atoms with Crippen molar-refractivity contribution in [1.82, 2.24) is 15.2 Å². The molecule has 0 saturated heterocycles. The van der Waals surface area contributed by atoms with Gasteiger partial charge in [0.1, 0.15) is 0 Å². The van der Waals surface area contributed by atoms with Crippen LogP contribution in [0.2, 0.25) is 5.15 Å². The summed E-state index contributed by atoms with van der Waals surface area (Å²) < 4.78 is 5.14. The average Bonchev–Trinajstić information content (AvgIpc) is 2.74. The largest absolute Gasteiger partial charge is 0.481 e. The first kappa shape index (κ1) is 22.5. The number of benzene rings is 1. The fraction of sp³-hybridized carbons (Fsp3) is 0.304. The van der Waals surface area contributed by atoms with Crippen LogP contribution in [-0.2, 0) is 11.8 Å². The topological polar surface area (TPSA) is 89.0 Å². The van der Waals surface area contributed by atoms with Crippen LogP contribution in [0.3, 0.4) is 0 Å². The first-order chi connectivity index (χ1) is 14.8. The number of carbonyl (C=O) groups excluding carboxylic acids is 1. The van der Waals surface area contributed by atoms with Crippen molar-refractivity contribution in [3.8, 4) is 5.88 Å². The number of halogens is 1. The second-order valence-corrected chi connectivity index (χ2v) is 8.48. The lowest BCUT2D eigenvalue weighted by atomic mass is 9.87. The number of aromatic nitrogens is 3. The van der Waals surface area contributed by atoms with Crippen molar-refractivity contribution < 1.29 is 9.53 Å². The lowest BCUT2D eigenvalue weighted by Crippen LogP contribution is -2.18. The molecular weight excluding hydrogens is 414 g/mol. The van der Waals surface area contributed by atoms with Crippen molar-refractivity contribution in [3.63, 3.8) is 0 Å². The highest BCUT2D eigenvalue weighted by Gasteiger charge is 2.16. The van der Waals surface area contributed by atoms with Crippen LogP contribution in [0.1, 0.15) is 42.3 Å². The van der Waals surface area contributed by atoms with E-state index < -0.39 is 0 Å². The fourth-order valence-corrected chi connectivity index (χ4v) is 3.11. The minimum absolute atomic E-state index is 0.0427. The van der Waals surface area contributed by atoms with Crippen molar-refractivity contribution in [1.29, 1.82) is 0 Å². The number of pyridine rings is 1. The summed E-state index contributed by atoms with van der Waals surface area (Å²) in [5, 5.41) is 14.1. The van der Waals surface area contributed by atoms with Gasteiger partial charge < -0.3 is 15.4 Å². The maximum Gasteiger partial charge on any atom is 0.259 e. The Kier molecular flexibility index (Phi) is 7.07. The number of nitrogens with one attached hydrogen (secondary N) is 2. The molecule has 2 aromatic heterocycles. The lowest BCUT2D eigenvalue weighted by Gasteiger charge is -2.19. The molecule has 2 N–H and O–H groups in total. The molecule has 0 spiro atoms. The molecule has 3 rings (SSSR count). The Bertz CT molecular complexity index is 1050. The molecule has 2 heterocycles. The Morgan fingerprint density at radius 3 is 2.52 bits per heavy atom. The summed E-state index contributed by atoms with van der Waals surface area (Å²) in [6, 6.07) is 13.1. The Hall–Kier alpha value is -3.19. The second-order valence-electron chi connectivity index (χ2n) is 8.09. The number of ether oxygens (including phenoxy) is 1. The molecule has 0 saturated carbocycles. The van der Waals surface area contributed by atoms with Crippen LogP contribution in [0.15, 0.2) is 48.7 Å². The van der Waals surface area contributed by atoms with Crippen molar-refractivity contribution in [2.45, 2.75) is 32.6 Å². The van der Waals surface area contributed by atoms with Crippen molar-refractivity contribution in [2.24, 2.45) is 0 Å². The van der Waals surface area contributed by atoms with E-state index in [-0.39, 0.29) is 16.5 Å². The summed E-state index contributed by atoms with van der Waals surface area (Å²) in [5.41, 5.74) is 3.30. The molecule has 0 aliphatic carbocycles. The summed E-state index contributed by atoms with van der Waals surface area (Å²) in [6.45, 7) is 6.98. The molecule has 162 valence electrons. The molecule has 1 amide bonds. The van der Waals surface area contributed by atoms with E-state index in [2.05, 4.69) is 46.6 Å². The van der Waals surface area contributed by atoms with Crippen molar-refractivity contribution in [3.05, 3.63) is 70.5 Å². The molecule has 0 bridgehead atoms. The first-order valence-corrected chi connectivity index (χ1v) is 10.3. The second kappa shape index (κ2) is 9.75. The Morgan fingerprint density at radius 1 is 1.10 bits per heavy atom. The van der Waals surface area contributed by atoms with E-state index in [1.165, 1.54) is 11.6 Å². The smallest absolute Gasteiger partial charge is 0.259 e. The van der Waals surface area contributed by atoms with Gasteiger partial charge in [-0.2, -0.15) is 0 Å². The Labute approximate surface area is 187 Å². The highest BCUT2D eigenvalue weighted by Crippen LogP contribution is 2.24. The van der Waals surface area contributed by atoms with Crippen LogP contribution in [0.25, 0.3) is 0 Å². The fourth-order valence-electron chi connectivity index (χ4n) is 2.97. The summed E-state index contributed by atoms with van der Waals surface area (Å²) in [4.78, 5) is 17.0. The van der Waals surface area contributed by atoms with Crippen LogP contribution in [-0.4, -0.2) is 34.7 Å². The van der Waals surface area contributed by atoms with Crippen LogP contribution in [0.5, 0.6) is 5.88 Å². The van der Waals surface area contributed by atoms with Crippen LogP contribution in [0, 0.1) is 0 Å². The third-order valence-corrected chi connectivity index (χ3v) is 4.92. The predicted octanol–water partition coefficient (Wildman–Crippen LogP) is 4.74. The van der Waals surface area contributed by atoms with E-state index in [4.69, 9.17) is 16.3 Å². The number of carbonyl (C=O) groups is 1. The minimum Gasteiger partial charge on any atom is -0.481 e. The van der Waals surface area contributed by atoms with E-state index in [0.717, 1.165) is 5.56 Å². The number of methoxy groups -OCH3 is 1. The molecule has 8 heteroatoms. The quantitative estimate of drug-likeness (QED) is 0.552. The van der Waals surface area contributed by atoms with Gasteiger partial charge in [-0.05, 0) is 47.2 Å². The van der Waals surface area contributed by atoms with Crippen molar-refractivity contribution >= 4 is 29.0 Å². The molecule has 0 unspecified atom stereocenters. The summed E-state index contributed by atoms with van der Waals surface area (Å²) in [6.07, 6.45) is 2.39. The van der Waals surface area contributed by atoms with Gasteiger partial charge in [-0.25, -0.2) is 4.98 Å². The van der Waals surface area contributed by atoms with Gasteiger partial charge in [0.25, 0.3) is 5.91 Å². The minimum atomic E-state index is -0.312. The van der Waals surface area contributed by atoms with Gasteiger partial charge in [0, 0.05) is 24.5 Å². The van der Waals surface area contributed by atoms with Gasteiger partial charge in [0.2, 0.25) is 5.88 Å². The van der Waals surface area contributed by atoms with Crippen LogP contribution in [0.4, 0.5) is 11.5 Å². The van der Waals surface area contributed by atoms with E-state index in [0.29, 0.717) is 35.9 Å². The average molecular weight is 440 g/mol. The number of rotatable bonds is 7. The van der Waals surface area contributed by atoms with Crippen LogP contribution < -0.4 is 15.4 Å². The third-order valence-electron chi connectivity index (χ3n) is 4.73. The number of hydrogen-bond acceptors (Lipinski definition) is 6. The number of amides is 1. The highest BCUT2D eigenvalue weighted by molar-refractivity contribution is 6.30. The van der Waals surface area contributed by atoms with Crippen LogP contribution >= 0.6 is 11.6 Å².